The molecular formula is C13H17N5O3. The lowest BCUT2D eigenvalue weighted by molar-refractivity contribution is -0.389. The minimum atomic E-state index is -0.406. The molecule has 0 aliphatic carbocycles. The number of anilines is 1. The van der Waals surface area contributed by atoms with Crippen LogP contribution in [0.3, 0.4) is 0 Å². The van der Waals surface area contributed by atoms with Crippen molar-refractivity contribution >= 4 is 17.3 Å². The molecule has 1 saturated heterocycles. The molecule has 1 N–H and O–H groups in total. The first-order chi connectivity index (χ1) is 10.3. The Kier molecular flexibility index (Phi) is 3.98. The van der Waals surface area contributed by atoms with E-state index in [0.29, 0.717) is 18.0 Å². The fourth-order valence-corrected chi connectivity index (χ4v) is 2.43. The molecule has 0 amide bonds. The average Bonchev–Trinajstić information content (AvgIpc) is 2.86. The van der Waals surface area contributed by atoms with Crippen molar-refractivity contribution in [2.45, 2.75) is 0 Å². The Morgan fingerprint density at radius 2 is 2.19 bits per heavy atom. The summed E-state index contributed by atoms with van der Waals surface area (Å²) in [5.41, 5.74) is 0.568. The maximum Gasteiger partial charge on any atom is 0.372 e. The summed E-state index contributed by atoms with van der Waals surface area (Å²) in [5.74, 6) is 0.298. The van der Waals surface area contributed by atoms with Crippen molar-refractivity contribution in [3.63, 3.8) is 0 Å². The van der Waals surface area contributed by atoms with E-state index in [1.165, 1.54) is 4.40 Å². The SMILES string of the molecule is O=[N+]([O-])c1c(NCCN2CCOCC2)nc2ccccn12. The predicted octanol–water partition coefficient (Wildman–Crippen LogP) is 0.987. The van der Waals surface area contributed by atoms with Gasteiger partial charge < -0.3 is 20.2 Å². The van der Waals surface area contributed by atoms with Gasteiger partial charge in [-0.15, -0.1) is 0 Å². The third kappa shape index (κ3) is 2.96. The van der Waals surface area contributed by atoms with Gasteiger partial charge in [-0.25, -0.2) is 0 Å². The van der Waals surface area contributed by atoms with E-state index in [1.54, 1.807) is 18.3 Å². The number of fused-ring (bicyclic) bond motifs is 1. The topological polar surface area (TPSA) is 84.9 Å². The molecule has 0 bridgehead atoms. The van der Waals surface area contributed by atoms with Crippen LogP contribution in [0.4, 0.5) is 11.6 Å². The summed E-state index contributed by atoms with van der Waals surface area (Å²) in [6, 6.07) is 5.31. The van der Waals surface area contributed by atoms with E-state index >= 15 is 0 Å². The summed E-state index contributed by atoms with van der Waals surface area (Å²) in [5, 5.41) is 14.3. The number of hydrogen-bond donors (Lipinski definition) is 1. The van der Waals surface area contributed by atoms with Gasteiger partial charge in [-0.3, -0.25) is 4.90 Å². The molecule has 0 atom stereocenters. The van der Waals surface area contributed by atoms with Gasteiger partial charge in [0.15, 0.2) is 0 Å². The van der Waals surface area contributed by atoms with Gasteiger partial charge in [0.05, 0.1) is 19.4 Å². The molecule has 2 aromatic heterocycles. The molecule has 2 aromatic rings. The number of hydrogen-bond acceptors (Lipinski definition) is 6. The molecule has 1 fully saturated rings. The Balaban J connectivity index is 1.71. The zero-order valence-electron chi connectivity index (χ0n) is 11.6. The molecular weight excluding hydrogens is 274 g/mol. The largest absolute Gasteiger partial charge is 0.379 e. The highest BCUT2D eigenvalue weighted by Crippen LogP contribution is 2.24. The number of nitro groups is 1. The summed E-state index contributed by atoms with van der Waals surface area (Å²) in [6.07, 6.45) is 1.65. The van der Waals surface area contributed by atoms with Crippen LogP contribution in [0, 0.1) is 10.1 Å². The maximum absolute atomic E-state index is 11.2. The van der Waals surface area contributed by atoms with Gasteiger partial charge in [0.1, 0.15) is 0 Å². The molecule has 0 saturated carbocycles. The molecule has 0 spiro atoms. The van der Waals surface area contributed by atoms with Crippen molar-refractivity contribution in [2.75, 3.05) is 44.7 Å². The Morgan fingerprint density at radius 3 is 2.95 bits per heavy atom. The third-order valence-electron chi connectivity index (χ3n) is 3.50. The smallest absolute Gasteiger partial charge is 0.372 e. The van der Waals surface area contributed by atoms with Gasteiger partial charge in [-0.05, 0) is 11.0 Å². The zero-order valence-corrected chi connectivity index (χ0v) is 11.6. The second kappa shape index (κ2) is 6.06. The first-order valence-corrected chi connectivity index (χ1v) is 6.91. The van der Waals surface area contributed by atoms with Crippen molar-refractivity contribution in [3.05, 3.63) is 34.5 Å². The molecule has 1 aliphatic heterocycles. The normalized spacial score (nSPS) is 16.2. The number of imidazole rings is 1. The predicted molar refractivity (Wildman–Crippen MR) is 77.6 cm³/mol. The van der Waals surface area contributed by atoms with Crippen molar-refractivity contribution in [3.8, 4) is 0 Å². The molecule has 3 rings (SSSR count). The van der Waals surface area contributed by atoms with Gasteiger partial charge >= 0.3 is 5.82 Å². The zero-order chi connectivity index (χ0) is 14.7. The van der Waals surface area contributed by atoms with Crippen LogP contribution in [0.2, 0.25) is 0 Å². The van der Waals surface area contributed by atoms with Crippen LogP contribution >= 0.6 is 0 Å². The van der Waals surface area contributed by atoms with E-state index in [4.69, 9.17) is 4.74 Å². The molecule has 8 nitrogen and oxygen atoms in total. The summed E-state index contributed by atoms with van der Waals surface area (Å²) in [4.78, 5) is 17.4. The molecule has 3 heterocycles. The lowest BCUT2D eigenvalue weighted by atomic mass is 10.4. The Bertz CT molecular complexity index is 636. The molecule has 21 heavy (non-hydrogen) atoms. The van der Waals surface area contributed by atoms with Crippen LogP contribution < -0.4 is 5.32 Å². The lowest BCUT2D eigenvalue weighted by Crippen LogP contribution is -2.39. The highest BCUT2D eigenvalue weighted by atomic mass is 16.6. The van der Waals surface area contributed by atoms with E-state index < -0.39 is 4.92 Å². The number of morpholine rings is 1. The van der Waals surface area contributed by atoms with Crippen LogP contribution in [-0.2, 0) is 4.74 Å². The molecule has 0 aromatic carbocycles. The van der Waals surface area contributed by atoms with Crippen molar-refractivity contribution in [1.29, 1.82) is 0 Å². The monoisotopic (exact) mass is 291 g/mol. The standard InChI is InChI=1S/C13H17N5O3/c19-18(20)13-12(15-11-3-1-2-5-17(11)13)14-4-6-16-7-9-21-10-8-16/h1-3,5,14H,4,6-10H2. The number of nitrogens with zero attached hydrogens (tertiary/aromatic N) is 4. The Labute approximate surface area is 121 Å². The van der Waals surface area contributed by atoms with Crippen molar-refractivity contribution < 1.29 is 9.66 Å². The van der Waals surface area contributed by atoms with E-state index in [9.17, 15) is 10.1 Å². The van der Waals surface area contributed by atoms with E-state index in [2.05, 4.69) is 15.2 Å². The quantitative estimate of drug-likeness (QED) is 0.653. The number of pyridine rings is 1. The van der Waals surface area contributed by atoms with Gasteiger partial charge in [0, 0.05) is 32.2 Å². The van der Waals surface area contributed by atoms with Crippen molar-refractivity contribution in [2.24, 2.45) is 0 Å². The summed E-state index contributed by atoms with van der Waals surface area (Å²) in [7, 11) is 0. The van der Waals surface area contributed by atoms with Crippen LogP contribution in [0.15, 0.2) is 24.4 Å². The summed E-state index contributed by atoms with van der Waals surface area (Å²) >= 11 is 0. The summed E-state index contributed by atoms with van der Waals surface area (Å²) < 4.78 is 6.77. The minimum absolute atomic E-state index is 0.0208. The molecule has 0 radical (unpaired) electrons. The fraction of sp³-hybridized carbons (Fsp3) is 0.462. The van der Waals surface area contributed by atoms with E-state index in [0.717, 1.165) is 32.8 Å². The lowest BCUT2D eigenvalue weighted by Gasteiger charge is -2.26. The maximum atomic E-state index is 11.2. The van der Waals surface area contributed by atoms with Gasteiger partial charge in [0.25, 0.3) is 0 Å². The molecule has 1 aliphatic rings. The Hall–Kier alpha value is -2.19. The van der Waals surface area contributed by atoms with Crippen LogP contribution in [0.5, 0.6) is 0 Å². The second-order valence-electron chi connectivity index (χ2n) is 4.85. The van der Waals surface area contributed by atoms with E-state index in [-0.39, 0.29) is 5.82 Å². The Morgan fingerprint density at radius 1 is 1.38 bits per heavy atom. The van der Waals surface area contributed by atoms with Gasteiger partial charge in [-0.2, -0.15) is 9.38 Å². The second-order valence-corrected chi connectivity index (χ2v) is 4.85. The van der Waals surface area contributed by atoms with Gasteiger partial charge in [-0.1, -0.05) is 6.07 Å². The fourth-order valence-electron chi connectivity index (χ4n) is 2.43. The van der Waals surface area contributed by atoms with Gasteiger partial charge in [0.2, 0.25) is 11.5 Å². The van der Waals surface area contributed by atoms with Crippen molar-refractivity contribution in [1.82, 2.24) is 14.3 Å². The third-order valence-corrected chi connectivity index (χ3v) is 3.50. The molecule has 112 valence electrons. The number of rotatable bonds is 5. The molecule has 0 unspecified atom stereocenters. The number of aromatic nitrogens is 2. The summed E-state index contributed by atoms with van der Waals surface area (Å²) in [6.45, 7) is 4.71. The molecule has 8 heteroatoms. The minimum Gasteiger partial charge on any atom is -0.379 e. The average molecular weight is 291 g/mol. The van der Waals surface area contributed by atoms with Crippen LogP contribution in [0.1, 0.15) is 0 Å². The number of ether oxygens (including phenoxy) is 1. The van der Waals surface area contributed by atoms with Crippen LogP contribution in [0.25, 0.3) is 5.65 Å². The first kappa shape index (κ1) is 13.8. The van der Waals surface area contributed by atoms with Crippen LogP contribution in [-0.4, -0.2) is 58.6 Å². The highest BCUT2D eigenvalue weighted by molar-refractivity contribution is 5.62. The van der Waals surface area contributed by atoms with E-state index in [1.807, 2.05) is 6.07 Å². The number of nitrogens with one attached hydrogen (secondary N) is 1. The first-order valence-electron chi connectivity index (χ1n) is 6.91. The highest BCUT2D eigenvalue weighted by Gasteiger charge is 2.22.